The van der Waals surface area contributed by atoms with E-state index in [0.29, 0.717) is 18.0 Å². The first-order valence-electron chi connectivity index (χ1n) is 10.2. The fraction of sp³-hybridized carbons (Fsp3) is 0.571. The van der Waals surface area contributed by atoms with Gasteiger partial charge in [0, 0.05) is 19.6 Å². The predicted octanol–water partition coefficient (Wildman–Crippen LogP) is 4.73. The number of nitrogens with zero attached hydrogens (tertiary/aromatic N) is 2. The minimum atomic E-state index is -0.103. The molecule has 1 saturated heterocycles. The summed E-state index contributed by atoms with van der Waals surface area (Å²) in [7, 11) is 0. The Balaban J connectivity index is 1.58. The Morgan fingerprint density at radius 2 is 2.18 bits per heavy atom. The maximum atomic E-state index is 13.1. The number of carbonyl (C=O) groups is 2. The van der Waals surface area contributed by atoms with Crippen molar-refractivity contribution in [2.45, 2.75) is 52.4 Å². The Bertz CT molecular complexity index is 786. The van der Waals surface area contributed by atoms with Gasteiger partial charge in [0.05, 0.1) is 16.5 Å². The molecule has 0 aliphatic carbocycles. The third kappa shape index (κ3) is 5.20. The lowest BCUT2D eigenvalue weighted by atomic mass is 9.97. The number of hydrogen-bond acceptors (Lipinski definition) is 5. The second-order valence-electron chi connectivity index (χ2n) is 7.35. The van der Waals surface area contributed by atoms with Gasteiger partial charge in [-0.05, 0) is 37.6 Å². The van der Waals surface area contributed by atoms with Crippen molar-refractivity contribution < 1.29 is 9.59 Å². The van der Waals surface area contributed by atoms with E-state index in [1.54, 1.807) is 11.3 Å². The predicted molar refractivity (Wildman–Crippen MR) is 116 cm³/mol. The van der Waals surface area contributed by atoms with Crippen LogP contribution in [0.15, 0.2) is 17.5 Å². The Morgan fingerprint density at radius 1 is 1.32 bits per heavy atom. The maximum absolute atomic E-state index is 13.1. The Hall–Kier alpha value is -1.73. The number of thiophene rings is 1. The molecule has 1 unspecified atom stereocenters. The van der Waals surface area contributed by atoms with E-state index >= 15 is 0 Å². The van der Waals surface area contributed by atoms with Crippen molar-refractivity contribution in [1.29, 1.82) is 0 Å². The van der Waals surface area contributed by atoms with Gasteiger partial charge in [0.1, 0.15) is 9.88 Å². The van der Waals surface area contributed by atoms with Crippen molar-refractivity contribution in [1.82, 2.24) is 15.2 Å². The van der Waals surface area contributed by atoms with Crippen LogP contribution in [0.2, 0.25) is 0 Å². The highest BCUT2D eigenvalue weighted by Crippen LogP contribution is 2.32. The van der Waals surface area contributed by atoms with Gasteiger partial charge in [-0.3, -0.25) is 9.59 Å². The van der Waals surface area contributed by atoms with Crippen LogP contribution in [0.4, 0.5) is 0 Å². The molecule has 0 radical (unpaired) electrons. The van der Waals surface area contributed by atoms with Gasteiger partial charge in [0.25, 0.3) is 5.91 Å². The summed E-state index contributed by atoms with van der Waals surface area (Å²) in [4.78, 5) is 33.8. The molecule has 152 valence electrons. The topological polar surface area (TPSA) is 62.3 Å². The zero-order chi connectivity index (χ0) is 19.9. The molecule has 2 aromatic rings. The van der Waals surface area contributed by atoms with Crippen molar-refractivity contribution in [3.8, 4) is 9.88 Å². The Kier molecular flexibility index (Phi) is 7.62. The van der Waals surface area contributed by atoms with E-state index in [9.17, 15) is 9.59 Å². The van der Waals surface area contributed by atoms with E-state index in [1.807, 2.05) is 29.3 Å². The first kappa shape index (κ1) is 21.0. The fourth-order valence-electron chi connectivity index (χ4n) is 3.53. The zero-order valence-corrected chi connectivity index (χ0v) is 18.3. The molecule has 7 heteroatoms. The van der Waals surface area contributed by atoms with Crippen LogP contribution in [0, 0.1) is 12.8 Å². The van der Waals surface area contributed by atoms with Gasteiger partial charge < -0.3 is 10.2 Å². The van der Waals surface area contributed by atoms with E-state index < -0.39 is 0 Å². The Labute approximate surface area is 175 Å². The third-order valence-corrected chi connectivity index (χ3v) is 7.32. The summed E-state index contributed by atoms with van der Waals surface area (Å²) in [5.41, 5.74) is 0.779. The van der Waals surface area contributed by atoms with Crippen molar-refractivity contribution in [3.05, 3.63) is 28.1 Å². The van der Waals surface area contributed by atoms with Crippen LogP contribution in [0.25, 0.3) is 9.88 Å². The average Bonchev–Trinajstić information content (AvgIpc) is 3.37. The number of unbranched alkanes of at least 4 members (excludes halogenated alkanes) is 3. The molecule has 2 amide bonds. The van der Waals surface area contributed by atoms with Crippen LogP contribution in [0.5, 0.6) is 0 Å². The van der Waals surface area contributed by atoms with Crippen molar-refractivity contribution >= 4 is 34.5 Å². The highest BCUT2D eigenvalue weighted by molar-refractivity contribution is 7.22. The highest BCUT2D eigenvalue weighted by atomic mass is 32.1. The van der Waals surface area contributed by atoms with Gasteiger partial charge in [0.2, 0.25) is 5.91 Å². The standard InChI is InChI=1S/C21H29N3O2S2/c1-3-4-5-6-11-22-19(25)16-9-7-12-24(14-16)21(26)18-15(2)23-20(28-18)17-10-8-13-27-17/h8,10,13,16H,3-7,9,11-12,14H2,1-2H3,(H,22,25). The summed E-state index contributed by atoms with van der Waals surface area (Å²) in [6.07, 6.45) is 6.31. The molecule has 1 fully saturated rings. The maximum Gasteiger partial charge on any atom is 0.265 e. The minimum Gasteiger partial charge on any atom is -0.356 e. The summed E-state index contributed by atoms with van der Waals surface area (Å²) in [5, 5.41) is 5.97. The molecule has 0 bridgehead atoms. The molecule has 1 aliphatic rings. The molecular weight excluding hydrogens is 390 g/mol. The fourth-order valence-corrected chi connectivity index (χ4v) is 5.36. The van der Waals surface area contributed by atoms with E-state index in [2.05, 4.69) is 17.2 Å². The SMILES string of the molecule is CCCCCCNC(=O)C1CCCN(C(=O)c2sc(-c3cccs3)nc2C)C1. The number of aromatic nitrogens is 1. The van der Waals surface area contributed by atoms with Gasteiger partial charge >= 0.3 is 0 Å². The number of amides is 2. The van der Waals surface area contributed by atoms with Gasteiger partial charge in [-0.25, -0.2) is 4.98 Å². The molecule has 1 atom stereocenters. The van der Waals surface area contributed by atoms with Gasteiger partial charge in [-0.1, -0.05) is 32.3 Å². The number of hydrogen-bond donors (Lipinski definition) is 1. The van der Waals surface area contributed by atoms with E-state index in [-0.39, 0.29) is 17.7 Å². The van der Waals surface area contributed by atoms with Crippen LogP contribution in [-0.2, 0) is 4.79 Å². The van der Waals surface area contributed by atoms with Crippen LogP contribution >= 0.6 is 22.7 Å². The molecule has 5 nitrogen and oxygen atoms in total. The average molecular weight is 420 g/mol. The quantitative estimate of drug-likeness (QED) is 0.629. The number of thiazole rings is 1. The molecule has 0 aromatic carbocycles. The lowest BCUT2D eigenvalue weighted by Gasteiger charge is -2.31. The molecule has 3 rings (SSSR count). The van der Waals surface area contributed by atoms with E-state index in [4.69, 9.17) is 0 Å². The van der Waals surface area contributed by atoms with E-state index in [1.165, 1.54) is 24.2 Å². The van der Waals surface area contributed by atoms with Crippen molar-refractivity contribution in [2.75, 3.05) is 19.6 Å². The van der Waals surface area contributed by atoms with Crippen LogP contribution in [0.1, 0.15) is 60.8 Å². The highest BCUT2D eigenvalue weighted by Gasteiger charge is 2.30. The third-order valence-electron chi connectivity index (χ3n) is 5.13. The smallest absolute Gasteiger partial charge is 0.265 e. The molecule has 0 saturated carbocycles. The largest absolute Gasteiger partial charge is 0.356 e. The second kappa shape index (κ2) is 10.2. The molecule has 0 spiro atoms. The van der Waals surface area contributed by atoms with Gasteiger partial charge in [-0.2, -0.15) is 0 Å². The molecule has 3 heterocycles. The summed E-state index contributed by atoms with van der Waals surface area (Å²) in [6.45, 7) is 6.03. The number of piperidine rings is 1. The monoisotopic (exact) mass is 419 g/mol. The first-order valence-corrected chi connectivity index (χ1v) is 11.9. The summed E-state index contributed by atoms with van der Waals surface area (Å²) in [5.74, 6) is 0.00132. The van der Waals surface area contributed by atoms with E-state index in [0.717, 1.165) is 47.8 Å². The van der Waals surface area contributed by atoms with Gasteiger partial charge in [0.15, 0.2) is 0 Å². The Morgan fingerprint density at radius 3 is 2.93 bits per heavy atom. The van der Waals surface area contributed by atoms with Crippen molar-refractivity contribution in [2.24, 2.45) is 5.92 Å². The molecule has 28 heavy (non-hydrogen) atoms. The molecule has 1 aliphatic heterocycles. The number of likely N-dealkylation sites (tertiary alicyclic amines) is 1. The van der Waals surface area contributed by atoms with Crippen molar-refractivity contribution in [3.63, 3.8) is 0 Å². The minimum absolute atomic E-state index is 0.0123. The first-order chi connectivity index (χ1) is 13.6. The van der Waals surface area contributed by atoms with Crippen LogP contribution < -0.4 is 5.32 Å². The summed E-state index contributed by atoms with van der Waals surface area (Å²) in [6, 6.07) is 4.02. The lowest BCUT2D eigenvalue weighted by Crippen LogP contribution is -2.45. The normalized spacial score (nSPS) is 16.9. The zero-order valence-electron chi connectivity index (χ0n) is 16.7. The lowest BCUT2D eigenvalue weighted by molar-refractivity contribution is -0.126. The molecule has 2 aromatic heterocycles. The van der Waals surface area contributed by atoms with Gasteiger partial charge in [-0.15, -0.1) is 22.7 Å². The number of rotatable bonds is 8. The number of aryl methyl sites for hydroxylation is 1. The molecule has 1 N–H and O–H groups in total. The number of carbonyl (C=O) groups excluding carboxylic acids is 2. The summed E-state index contributed by atoms with van der Waals surface area (Å²) >= 11 is 3.09. The van der Waals surface area contributed by atoms with Crippen LogP contribution in [-0.4, -0.2) is 41.3 Å². The second-order valence-corrected chi connectivity index (χ2v) is 9.30. The molecular formula is C21H29N3O2S2. The van der Waals surface area contributed by atoms with Crippen LogP contribution in [0.3, 0.4) is 0 Å². The summed E-state index contributed by atoms with van der Waals surface area (Å²) < 4.78 is 0. The number of nitrogens with one attached hydrogen (secondary N) is 1.